The van der Waals surface area contributed by atoms with Gasteiger partial charge in [0.15, 0.2) is 8.24 Å². The molecule has 3 heteroatoms. The predicted octanol–water partition coefficient (Wildman–Crippen LogP) is 4.35. The molecule has 114 valence electrons. The molecule has 1 aliphatic rings. The summed E-state index contributed by atoms with van der Waals surface area (Å²) in [5, 5.41) is 3.20. The summed E-state index contributed by atoms with van der Waals surface area (Å²) in [6.45, 7) is 14.4. The second kappa shape index (κ2) is 6.07. The van der Waals surface area contributed by atoms with Gasteiger partial charge in [0.2, 0.25) is 0 Å². The van der Waals surface area contributed by atoms with Crippen molar-refractivity contribution in [1.29, 1.82) is 0 Å². The quantitative estimate of drug-likeness (QED) is 0.797. The normalized spacial score (nSPS) is 18.4. The molecule has 1 N–H and O–H groups in total. The molecule has 1 atom stereocenters. The topological polar surface area (TPSA) is 12.0 Å². The lowest BCUT2D eigenvalue weighted by Crippen LogP contribution is -2.67. The fraction of sp³-hybridized carbons (Fsp3) is 0.444. The van der Waals surface area contributed by atoms with Crippen molar-refractivity contribution in [3.63, 3.8) is 0 Å². The van der Waals surface area contributed by atoms with Crippen LogP contribution in [0.25, 0.3) is 0 Å². The molecule has 0 fully saturated rings. The van der Waals surface area contributed by atoms with Gasteiger partial charge in [0.05, 0.1) is 0 Å². The Morgan fingerprint density at radius 3 is 2.14 bits per heavy atom. The van der Waals surface area contributed by atoms with Gasteiger partial charge in [-0.15, -0.1) is 0 Å². The Morgan fingerprint density at radius 1 is 1.00 bits per heavy atom. The number of hydrogen-bond acceptors (Lipinski definition) is 1. The zero-order valence-corrected chi connectivity index (χ0v) is 16.3. The van der Waals surface area contributed by atoms with Crippen LogP contribution in [0.15, 0.2) is 53.3 Å². The van der Waals surface area contributed by atoms with E-state index in [0.717, 1.165) is 6.42 Å². The summed E-state index contributed by atoms with van der Waals surface area (Å²) in [4.78, 5) is 0. The van der Waals surface area contributed by atoms with E-state index in [-0.39, 0.29) is 0 Å². The van der Waals surface area contributed by atoms with Gasteiger partial charge in [-0.25, -0.2) is 0 Å². The molecule has 0 spiro atoms. The van der Waals surface area contributed by atoms with Crippen molar-refractivity contribution < 1.29 is 0 Å². The van der Waals surface area contributed by atoms with E-state index in [1.807, 2.05) is 0 Å². The van der Waals surface area contributed by atoms with E-state index in [2.05, 4.69) is 87.2 Å². The first kappa shape index (κ1) is 16.5. The highest BCUT2D eigenvalue weighted by Crippen LogP contribution is 2.31. The van der Waals surface area contributed by atoms with Crippen LogP contribution in [0.3, 0.4) is 0 Å². The van der Waals surface area contributed by atoms with Crippen molar-refractivity contribution in [3.05, 3.63) is 53.3 Å². The smallest absolute Gasteiger partial charge is 0.176 e. The summed E-state index contributed by atoms with van der Waals surface area (Å²) < 4.78 is 4.16. The number of allylic oxidation sites excluding steroid dienone is 4. The van der Waals surface area contributed by atoms with Gasteiger partial charge in [-0.2, -0.15) is 0 Å². The Hall–Kier alpha value is -0.906. The minimum absolute atomic E-state index is 0.609. The number of benzene rings is 1. The zero-order chi connectivity index (χ0) is 15.7. The van der Waals surface area contributed by atoms with Crippen molar-refractivity contribution >= 4 is 21.7 Å². The summed E-state index contributed by atoms with van der Waals surface area (Å²) in [5.41, 5.74) is 1.57. The van der Waals surface area contributed by atoms with E-state index in [4.69, 9.17) is 0 Å². The van der Waals surface area contributed by atoms with Gasteiger partial charge in [0.25, 0.3) is 0 Å². The van der Waals surface area contributed by atoms with Gasteiger partial charge < -0.3 is 4.65 Å². The van der Waals surface area contributed by atoms with Crippen molar-refractivity contribution in [2.24, 2.45) is 5.92 Å². The summed E-state index contributed by atoms with van der Waals surface area (Å²) in [6.07, 6.45) is 5.84. The molecule has 1 unspecified atom stereocenters. The molecule has 21 heavy (non-hydrogen) atoms. The van der Waals surface area contributed by atoms with Crippen LogP contribution in [-0.4, -0.2) is 16.5 Å². The van der Waals surface area contributed by atoms with Crippen molar-refractivity contribution in [3.8, 4) is 0 Å². The van der Waals surface area contributed by atoms with Gasteiger partial charge in [-0.3, -0.25) is 0 Å². The van der Waals surface area contributed by atoms with Crippen molar-refractivity contribution in [1.82, 2.24) is 4.65 Å². The van der Waals surface area contributed by atoms with Gasteiger partial charge in [-0.05, 0) is 29.6 Å². The Kier molecular flexibility index (Phi) is 4.76. The average Bonchev–Trinajstić information content (AvgIpc) is 2.87. The van der Waals surface area contributed by atoms with Gasteiger partial charge in [0.1, 0.15) is 8.24 Å². The first-order chi connectivity index (χ1) is 9.74. The molecule has 0 bridgehead atoms. The lowest BCUT2D eigenvalue weighted by Gasteiger charge is -2.38. The molecular formula is C18H29NSi2. The molecule has 1 aromatic carbocycles. The van der Waals surface area contributed by atoms with Gasteiger partial charge in [0, 0.05) is 0 Å². The van der Waals surface area contributed by atoms with Crippen LogP contribution in [-0.2, 0) is 0 Å². The maximum Gasteiger partial charge on any atom is 0.176 e. The second-order valence-electron chi connectivity index (χ2n) is 7.56. The Labute approximate surface area is 132 Å². The molecular weight excluding hydrogens is 286 g/mol. The van der Waals surface area contributed by atoms with E-state index in [9.17, 15) is 0 Å². The Morgan fingerprint density at radius 2 is 1.62 bits per heavy atom. The van der Waals surface area contributed by atoms with Gasteiger partial charge >= 0.3 is 0 Å². The van der Waals surface area contributed by atoms with Crippen LogP contribution in [0.5, 0.6) is 0 Å². The van der Waals surface area contributed by atoms with E-state index >= 15 is 0 Å². The molecule has 0 saturated carbocycles. The van der Waals surface area contributed by atoms with Crippen molar-refractivity contribution in [2.75, 3.05) is 0 Å². The molecule has 0 aromatic heterocycles. The highest BCUT2D eigenvalue weighted by Gasteiger charge is 2.39. The van der Waals surface area contributed by atoms with E-state index < -0.39 is 16.5 Å². The molecule has 2 rings (SSSR count). The first-order valence-electron chi connectivity index (χ1n) is 7.99. The highest BCUT2D eigenvalue weighted by atomic mass is 28.4. The van der Waals surface area contributed by atoms with Crippen molar-refractivity contribution in [2.45, 2.75) is 46.5 Å². The standard InChI is InChI=1S/C18H29NSi2/c1-15(2)17-13-10-14-18(17)21(6,19-20(3,4)5)16-11-8-7-9-12-16/h7-13,15,19H,14H2,1-6H3. The van der Waals surface area contributed by atoms with Gasteiger partial charge in [-0.1, -0.05) is 81.2 Å². The predicted molar refractivity (Wildman–Crippen MR) is 99.8 cm³/mol. The molecule has 0 heterocycles. The van der Waals surface area contributed by atoms with Crippen LogP contribution in [0, 0.1) is 5.92 Å². The summed E-state index contributed by atoms with van der Waals surface area (Å²) in [7, 11) is -3.18. The number of hydrogen-bond donors (Lipinski definition) is 1. The Balaban J connectivity index is 2.55. The monoisotopic (exact) mass is 315 g/mol. The lowest BCUT2D eigenvalue weighted by molar-refractivity contribution is 0.788. The molecule has 0 saturated heterocycles. The average molecular weight is 316 g/mol. The maximum atomic E-state index is 4.16. The molecule has 0 aliphatic heterocycles. The maximum absolute atomic E-state index is 4.16. The second-order valence-corrected chi connectivity index (χ2v) is 16.5. The van der Waals surface area contributed by atoms with Crippen LogP contribution in [0.1, 0.15) is 20.3 Å². The van der Waals surface area contributed by atoms with E-state index in [1.165, 1.54) is 5.19 Å². The fourth-order valence-corrected chi connectivity index (χ4v) is 13.3. The minimum atomic E-state index is -1.82. The summed E-state index contributed by atoms with van der Waals surface area (Å²) in [5.74, 6) is 0.609. The van der Waals surface area contributed by atoms with Crippen LogP contribution in [0.4, 0.5) is 0 Å². The molecule has 1 aromatic rings. The number of nitrogens with one attached hydrogen (secondary N) is 1. The van der Waals surface area contributed by atoms with E-state index in [1.54, 1.807) is 10.8 Å². The van der Waals surface area contributed by atoms with E-state index in [0.29, 0.717) is 5.92 Å². The third-order valence-electron chi connectivity index (χ3n) is 4.17. The third-order valence-corrected chi connectivity index (χ3v) is 12.4. The summed E-state index contributed by atoms with van der Waals surface area (Å²) in [6, 6.07) is 11.1. The zero-order valence-electron chi connectivity index (χ0n) is 14.3. The third kappa shape index (κ3) is 3.65. The summed E-state index contributed by atoms with van der Waals surface area (Å²) >= 11 is 0. The lowest BCUT2D eigenvalue weighted by atomic mass is 10.1. The number of rotatable bonds is 5. The largest absolute Gasteiger partial charge is 0.353 e. The SMILES string of the molecule is CC(C)C1=C([Si](C)(N[Si](C)(C)C)c2ccccc2)CC=C1. The van der Waals surface area contributed by atoms with Crippen LogP contribution < -0.4 is 9.83 Å². The molecule has 0 radical (unpaired) electrons. The first-order valence-corrected chi connectivity index (χ1v) is 14.0. The van der Waals surface area contributed by atoms with Crippen LogP contribution in [0.2, 0.25) is 26.2 Å². The molecule has 0 amide bonds. The Bertz CT molecular complexity index is 552. The highest BCUT2D eigenvalue weighted by molar-refractivity contribution is 7.02. The molecule has 1 nitrogen and oxygen atoms in total. The molecule has 1 aliphatic carbocycles. The van der Waals surface area contributed by atoms with Crippen LogP contribution >= 0.6 is 0 Å². The fourth-order valence-electron chi connectivity index (χ4n) is 3.40. The minimum Gasteiger partial charge on any atom is -0.353 e.